The van der Waals surface area contributed by atoms with Gasteiger partial charge < -0.3 is 4.90 Å². The zero-order valence-electron chi connectivity index (χ0n) is 11.1. The van der Waals surface area contributed by atoms with E-state index in [2.05, 4.69) is 15.2 Å². The molecule has 0 fully saturated rings. The summed E-state index contributed by atoms with van der Waals surface area (Å²) in [5.74, 6) is -0.0233. The smallest absolute Gasteiger partial charge is 0.254 e. The van der Waals surface area contributed by atoms with Gasteiger partial charge in [0.05, 0.1) is 17.3 Å². The van der Waals surface area contributed by atoms with Crippen LogP contribution in [0.1, 0.15) is 15.9 Å². The van der Waals surface area contributed by atoms with Gasteiger partial charge in [-0.3, -0.25) is 14.9 Å². The number of nitrogens with zero attached hydrogens (tertiary/aromatic N) is 3. The minimum atomic E-state index is -0.0233. The molecule has 0 radical (unpaired) electrons. The lowest BCUT2D eigenvalue weighted by molar-refractivity contribution is 0.0787. The van der Waals surface area contributed by atoms with Crippen LogP contribution in [-0.2, 0) is 6.54 Å². The summed E-state index contributed by atoms with van der Waals surface area (Å²) in [5.41, 5.74) is 2.47. The van der Waals surface area contributed by atoms with Crippen LogP contribution in [0.4, 0.5) is 0 Å². The zero-order chi connectivity index (χ0) is 13.9. The van der Waals surface area contributed by atoms with Crippen LogP contribution >= 0.6 is 0 Å². The van der Waals surface area contributed by atoms with Crippen molar-refractivity contribution in [3.05, 3.63) is 60.0 Å². The Balaban J connectivity index is 1.92. The number of carbonyl (C=O) groups is 1. The highest BCUT2D eigenvalue weighted by Gasteiger charge is 2.15. The van der Waals surface area contributed by atoms with Gasteiger partial charge in [0, 0.05) is 36.9 Å². The second-order valence-corrected chi connectivity index (χ2v) is 4.64. The summed E-state index contributed by atoms with van der Waals surface area (Å²) in [5, 5.41) is 7.50. The summed E-state index contributed by atoms with van der Waals surface area (Å²) >= 11 is 0. The highest BCUT2D eigenvalue weighted by molar-refractivity contribution is 6.05. The molecule has 3 aromatic rings. The number of nitrogens with one attached hydrogen (secondary N) is 1. The van der Waals surface area contributed by atoms with Gasteiger partial charge >= 0.3 is 0 Å². The molecule has 0 aliphatic carbocycles. The van der Waals surface area contributed by atoms with Gasteiger partial charge in [-0.25, -0.2) is 0 Å². The summed E-state index contributed by atoms with van der Waals surface area (Å²) in [6.07, 6.45) is 5.17. The third kappa shape index (κ3) is 2.25. The van der Waals surface area contributed by atoms with Crippen LogP contribution in [0.25, 0.3) is 10.9 Å². The van der Waals surface area contributed by atoms with Gasteiger partial charge in [0.15, 0.2) is 0 Å². The fourth-order valence-corrected chi connectivity index (χ4v) is 2.20. The monoisotopic (exact) mass is 266 g/mol. The van der Waals surface area contributed by atoms with Gasteiger partial charge in [0.1, 0.15) is 0 Å². The standard InChI is InChI=1S/C15H14N4O/c1-19(10-11-8-17-18-9-11)15(20)13-6-7-16-14-5-3-2-4-12(13)14/h2-9H,10H2,1H3,(H,17,18). The number of benzene rings is 1. The quantitative estimate of drug-likeness (QED) is 0.790. The highest BCUT2D eigenvalue weighted by atomic mass is 16.2. The summed E-state index contributed by atoms with van der Waals surface area (Å²) in [4.78, 5) is 18.5. The van der Waals surface area contributed by atoms with E-state index in [4.69, 9.17) is 0 Å². The Morgan fingerprint density at radius 3 is 2.95 bits per heavy atom. The topological polar surface area (TPSA) is 61.9 Å². The lowest BCUT2D eigenvalue weighted by Gasteiger charge is -2.17. The zero-order valence-corrected chi connectivity index (χ0v) is 11.1. The molecule has 3 rings (SSSR count). The molecule has 1 N–H and O–H groups in total. The number of hydrogen-bond donors (Lipinski definition) is 1. The summed E-state index contributed by atoms with van der Waals surface area (Å²) in [6, 6.07) is 9.41. The number of aromatic amines is 1. The number of pyridine rings is 1. The van der Waals surface area contributed by atoms with Crippen LogP contribution in [0.2, 0.25) is 0 Å². The molecule has 0 saturated carbocycles. The van der Waals surface area contributed by atoms with E-state index in [1.807, 2.05) is 24.3 Å². The van der Waals surface area contributed by atoms with Crippen molar-refractivity contribution in [1.82, 2.24) is 20.1 Å². The van der Waals surface area contributed by atoms with Crippen molar-refractivity contribution in [1.29, 1.82) is 0 Å². The van der Waals surface area contributed by atoms with Crippen molar-refractivity contribution in [2.45, 2.75) is 6.54 Å². The van der Waals surface area contributed by atoms with E-state index in [1.165, 1.54) is 0 Å². The molecule has 0 aliphatic rings. The van der Waals surface area contributed by atoms with E-state index in [1.54, 1.807) is 36.6 Å². The fourth-order valence-electron chi connectivity index (χ4n) is 2.20. The third-order valence-corrected chi connectivity index (χ3v) is 3.20. The molecule has 5 nitrogen and oxygen atoms in total. The molecule has 0 unspecified atom stereocenters. The summed E-state index contributed by atoms with van der Waals surface area (Å²) < 4.78 is 0. The van der Waals surface area contributed by atoms with E-state index in [9.17, 15) is 4.79 Å². The number of fused-ring (bicyclic) bond motifs is 1. The van der Waals surface area contributed by atoms with Gasteiger partial charge in [-0.2, -0.15) is 5.10 Å². The molecular formula is C15H14N4O. The number of para-hydroxylation sites is 1. The molecule has 0 atom stereocenters. The molecular weight excluding hydrogens is 252 g/mol. The van der Waals surface area contributed by atoms with Crippen molar-refractivity contribution in [3.8, 4) is 0 Å². The molecule has 100 valence electrons. The van der Waals surface area contributed by atoms with Crippen molar-refractivity contribution in [2.24, 2.45) is 0 Å². The summed E-state index contributed by atoms with van der Waals surface area (Å²) in [6.45, 7) is 0.520. The molecule has 1 amide bonds. The Kier molecular flexibility index (Phi) is 3.16. The van der Waals surface area contributed by atoms with Crippen LogP contribution in [0, 0.1) is 0 Å². The Morgan fingerprint density at radius 2 is 2.15 bits per heavy atom. The van der Waals surface area contributed by atoms with Gasteiger partial charge in [-0.1, -0.05) is 18.2 Å². The maximum atomic E-state index is 12.6. The van der Waals surface area contributed by atoms with Gasteiger partial charge in [-0.15, -0.1) is 0 Å². The van der Waals surface area contributed by atoms with E-state index in [-0.39, 0.29) is 5.91 Å². The van der Waals surface area contributed by atoms with Crippen LogP contribution in [-0.4, -0.2) is 33.0 Å². The second-order valence-electron chi connectivity index (χ2n) is 4.64. The first-order valence-corrected chi connectivity index (χ1v) is 6.32. The Bertz CT molecular complexity index is 731. The average Bonchev–Trinajstić information content (AvgIpc) is 2.99. The third-order valence-electron chi connectivity index (χ3n) is 3.20. The molecule has 0 bridgehead atoms. The van der Waals surface area contributed by atoms with Crippen LogP contribution < -0.4 is 0 Å². The minimum absolute atomic E-state index is 0.0233. The summed E-state index contributed by atoms with van der Waals surface area (Å²) in [7, 11) is 1.78. The molecule has 1 aromatic carbocycles. The lowest BCUT2D eigenvalue weighted by Crippen LogP contribution is -2.26. The van der Waals surface area contributed by atoms with Gasteiger partial charge in [0.2, 0.25) is 0 Å². The van der Waals surface area contributed by atoms with Gasteiger partial charge in [-0.05, 0) is 12.1 Å². The first-order chi connectivity index (χ1) is 9.75. The lowest BCUT2D eigenvalue weighted by atomic mass is 10.1. The largest absolute Gasteiger partial charge is 0.337 e. The van der Waals surface area contributed by atoms with Crippen molar-refractivity contribution in [2.75, 3.05) is 7.05 Å². The number of amides is 1. The molecule has 0 spiro atoms. The fraction of sp³-hybridized carbons (Fsp3) is 0.133. The van der Waals surface area contributed by atoms with Gasteiger partial charge in [0.25, 0.3) is 5.91 Å². The molecule has 20 heavy (non-hydrogen) atoms. The van der Waals surface area contributed by atoms with Crippen LogP contribution in [0.5, 0.6) is 0 Å². The Labute approximate surface area is 116 Å². The number of carbonyl (C=O) groups excluding carboxylic acids is 1. The van der Waals surface area contributed by atoms with E-state index in [0.717, 1.165) is 16.5 Å². The number of rotatable bonds is 3. The maximum absolute atomic E-state index is 12.6. The maximum Gasteiger partial charge on any atom is 0.254 e. The van der Waals surface area contributed by atoms with Crippen LogP contribution in [0.3, 0.4) is 0 Å². The average molecular weight is 266 g/mol. The van der Waals surface area contributed by atoms with E-state index in [0.29, 0.717) is 12.1 Å². The normalized spacial score (nSPS) is 10.7. The molecule has 0 aliphatic heterocycles. The highest BCUT2D eigenvalue weighted by Crippen LogP contribution is 2.18. The number of H-pyrrole nitrogens is 1. The van der Waals surface area contributed by atoms with E-state index >= 15 is 0 Å². The number of hydrogen-bond acceptors (Lipinski definition) is 3. The Hall–Kier alpha value is -2.69. The Morgan fingerprint density at radius 1 is 1.30 bits per heavy atom. The minimum Gasteiger partial charge on any atom is -0.337 e. The predicted octanol–water partition coefficient (Wildman–Crippen LogP) is 2.23. The van der Waals surface area contributed by atoms with Crippen LogP contribution in [0.15, 0.2) is 48.9 Å². The predicted molar refractivity (Wildman–Crippen MR) is 76.1 cm³/mol. The van der Waals surface area contributed by atoms with Crippen molar-refractivity contribution < 1.29 is 4.79 Å². The first-order valence-electron chi connectivity index (χ1n) is 6.32. The molecule has 5 heteroatoms. The van der Waals surface area contributed by atoms with Crippen molar-refractivity contribution in [3.63, 3.8) is 0 Å². The van der Waals surface area contributed by atoms with Crippen molar-refractivity contribution >= 4 is 16.8 Å². The first kappa shape index (κ1) is 12.3. The second kappa shape index (κ2) is 5.13. The number of aromatic nitrogens is 3. The molecule has 2 heterocycles. The van der Waals surface area contributed by atoms with E-state index < -0.39 is 0 Å². The molecule has 2 aromatic heterocycles. The molecule has 0 saturated heterocycles. The SMILES string of the molecule is CN(Cc1cn[nH]c1)C(=O)c1ccnc2ccccc12.